The number of rotatable bonds is 5. The molecule has 1 aliphatic rings. The largest absolute Gasteiger partial charge is 0.413 e. The van der Waals surface area contributed by atoms with Gasteiger partial charge in [-0.2, -0.15) is 21.6 Å². The first-order valence-electron chi connectivity index (χ1n) is 3.64. The lowest BCUT2D eigenvalue weighted by Crippen LogP contribution is -2.23. The second-order valence-electron chi connectivity index (χ2n) is 2.61. The van der Waals surface area contributed by atoms with Gasteiger partial charge in [0.05, 0.1) is 6.61 Å². The Labute approximate surface area is 82.9 Å². The number of hydrogen-bond donors (Lipinski definition) is 1. The van der Waals surface area contributed by atoms with Gasteiger partial charge in [0.25, 0.3) is 0 Å². The first kappa shape index (κ1) is 12.6. The number of ether oxygens (including phenoxy) is 1. The molecule has 0 aromatic heterocycles. The average molecular weight is 252 g/mol. The highest BCUT2D eigenvalue weighted by Gasteiger charge is 2.44. The molecule has 1 N–H and O–H groups in total. The molecule has 0 aliphatic carbocycles. The van der Waals surface area contributed by atoms with Crippen LogP contribution in [0, 0.1) is 0 Å². The fraction of sp³-hybridized carbons (Fsp3) is 1.00. The normalized spacial score (nSPS) is 26.7. The van der Waals surface area contributed by atoms with Crippen LogP contribution in [0.3, 0.4) is 0 Å². The van der Waals surface area contributed by atoms with E-state index in [1.165, 1.54) is 0 Å². The van der Waals surface area contributed by atoms with Crippen molar-refractivity contribution in [2.45, 2.75) is 18.6 Å². The number of aliphatic hydroxyl groups excluding tert-OH is 1. The van der Waals surface area contributed by atoms with Crippen LogP contribution in [0.5, 0.6) is 0 Å². The number of epoxide rings is 1. The molecule has 1 fully saturated rings. The molecule has 0 aromatic rings. The van der Waals surface area contributed by atoms with Gasteiger partial charge >= 0.3 is 16.6 Å². The Balaban J connectivity index is 2.34. The summed E-state index contributed by atoms with van der Waals surface area (Å²) in [6.45, 7) is -2.45. The quantitative estimate of drug-likeness (QED) is 0.667. The summed E-state index contributed by atoms with van der Waals surface area (Å²) in [4.78, 5) is 0. The summed E-state index contributed by atoms with van der Waals surface area (Å²) in [6.07, 6.45) is -6.88. The van der Waals surface area contributed by atoms with E-state index < -0.39 is 42.2 Å². The van der Waals surface area contributed by atoms with Gasteiger partial charge in [-0.05, 0) is 0 Å². The minimum absolute atomic E-state index is 0.487. The Hall–Kier alpha value is -0.420. The molecule has 0 saturated carbocycles. The summed E-state index contributed by atoms with van der Waals surface area (Å²) in [6, 6.07) is 0. The predicted molar refractivity (Wildman–Crippen MR) is 37.8 cm³/mol. The third kappa shape index (κ3) is 4.75. The van der Waals surface area contributed by atoms with Crippen molar-refractivity contribution in [2.24, 2.45) is 0 Å². The van der Waals surface area contributed by atoms with Crippen molar-refractivity contribution in [2.75, 3.05) is 13.2 Å². The van der Waals surface area contributed by atoms with E-state index in [0.29, 0.717) is 0 Å². The van der Waals surface area contributed by atoms with E-state index >= 15 is 0 Å². The van der Waals surface area contributed by atoms with Crippen LogP contribution in [0.15, 0.2) is 0 Å². The van der Waals surface area contributed by atoms with Crippen molar-refractivity contribution in [1.29, 1.82) is 0 Å². The molecule has 1 saturated heterocycles. The van der Waals surface area contributed by atoms with Gasteiger partial charge in [0, 0.05) is 0 Å². The molecule has 2 atom stereocenters. The molecule has 0 bridgehead atoms. The summed E-state index contributed by atoms with van der Waals surface area (Å²) in [7, 11) is -4.75. The van der Waals surface area contributed by atoms with E-state index in [4.69, 9.17) is 5.11 Å². The maximum absolute atomic E-state index is 11.6. The van der Waals surface area contributed by atoms with Crippen LogP contribution in [0.2, 0.25) is 0 Å². The predicted octanol–water partition coefficient (Wildman–Crippen LogP) is -0.456. The summed E-state index contributed by atoms with van der Waals surface area (Å²) in [5, 5.41) is 8.41. The summed E-state index contributed by atoms with van der Waals surface area (Å²) in [5.74, 6) is 0. The molecule has 1 heterocycles. The van der Waals surface area contributed by atoms with Gasteiger partial charge in [-0.25, -0.2) is 8.37 Å². The van der Waals surface area contributed by atoms with Crippen LogP contribution >= 0.6 is 0 Å². The van der Waals surface area contributed by atoms with Gasteiger partial charge in [0.2, 0.25) is 6.29 Å². The van der Waals surface area contributed by atoms with E-state index in [0.717, 1.165) is 0 Å². The molecule has 2 unspecified atom stereocenters. The molecule has 15 heavy (non-hydrogen) atoms. The molecule has 0 aromatic carbocycles. The van der Waals surface area contributed by atoms with E-state index in [1.807, 2.05) is 0 Å². The first-order chi connectivity index (χ1) is 6.73. The van der Waals surface area contributed by atoms with E-state index in [1.54, 1.807) is 0 Å². The van der Waals surface area contributed by atoms with Crippen molar-refractivity contribution >= 4 is 10.4 Å². The Bertz CT molecular complexity index is 311. The molecular weight excluding hydrogens is 245 g/mol. The van der Waals surface area contributed by atoms with Crippen molar-refractivity contribution in [3.63, 3.8) is 0 Å². The lowest BCUT2D eigenvalue weighted by molar-refractivity contribution is -0.154. The summed E-state index contributed by atoms with van der Waals surface area (Å²) < 4.78 is 68.0. The van der Waals surface area contributed by atoms with Gasteiger partial charge in [0.1, 0.15) is 6.10 Å². The molecule has 1 aliphatic heterocycles. The molecule has 6 nitrogen and oxygen atoms in total. The molecule has 0 amide bonds. The van der Waals surface area contributed by atoms with Gasteiger partial charge in [-0.1, -0.05) is 0 Å². The highest BCUT2D eigenvalue weighted by Crippen LogP contribution is 2.25. The fourth-order valence-electron chi connectivity index (χ4n) is 0.624. The lowest BCUT2D eigenvalue weighted by Gasteiger charge is -2.06. The van der Waals surface area contributed by atoms with Crippen molar-refractivity contribution in [3.8, 4) is 0 Å². The van der Waals surface area contributed by atoms with Crippen molar-refractivity contribution in [3.05, 3.63) is 0 Å². The highest BCUT2D eigenvalue weighted by molar-refractivity contribution is 7.81. The molecule has 0 radical (unpaired) electrons. The third-order valence-electron chi connectivity index (χ3n) is 1.30. The number of aliphatic hydroxyl groups is 1. The van der Waals surface area contributed by atoms with Crippen molar-refractivity contribution < 1.29 is 39.8 Å². The number of alkyl halides is 3. The van der Waals surface area contributed by atoms with Crippen LogP contribution in [0.4, 0.5) is 13.2 Å². The zero-order chi connectivity index (χ0) is 11.7. The fourth-order valence-corrected chi connectivity index (χ4v) is 1.36. The van der Waals surface area contributed by atoms with Gasteiger partial charge in [0.15, 0.2) is 6.61 Å². The maximum atomic E-state index is 11.6. The second-order valence-corrected chi connectivity index (χ2v) is 3.85. The minimum Gasteiger partial charge on any atom is -0.393 e. The molecule has 10 heteroatoms. The van der Waals surface area contributed by atoms with Crippen LogP contribution in [0.1, 0.15) is 0 Å². The number of hydrogen-bond acceptors (Lipinski definition) is 6. The Morgan fingerprint density at radius 3 is 2.40 bits per heavy atom. The smallest absolute Gasteiger partial charge is 0.393 e. The third-order valence-corrected chi connectivity index (χ3v) is 2.13. The van der Waals surface area contributed by atoms with E-state index in [-0.39, 0.29) is 0 Å². The summed E-state index contributed by atoms with van der Waals surface area (Å²) >= 11 is 0. The van der Waals surface area contributed by atoms with Crippen molar-refractivity contribution in [1.82, 2.24) is 0 Å². The topological polar surface area (TPSA) is 85.4 Å². The van der Waals surface area contributed by atoms with Crippen LogP contribution in [0.25, 0.3) is 0 Å². The van der Waals surface area contributed by atoms with E-state index in [2.05, 4.69) is 13.1 Å². The second kappa shape index (κ2) is 4.22. The van der Waals surface area contributed by atoms with Gasteiger partial charge in [-0.15, -0.1) is 0 Å². The highest BCUT2D eigenvalue weighted by atomic mass is 32.3. The zero-order valence-electron chi connectivity index (χ0n) is 7.10. The molecule has 1 rings (SSSR count). The lowest BCUT2D eigenvalue weighted by atomic mass is 10.5. The SMILES string of the molecule is O=S(=O)(OCC(F)(F)F)OC1OC1CO. The summed E-state index contributed by atoms with van der Waals surface area (Å²) in [5.41, 5.74) is 0. The molecule has 90 valence electrons. The first-order valence-corrected chi connectivity index (χ1v) is 4.97. The Morgan fingerprint density at radius 2 is 2.00 bits per heavy atom. The van der Waals surface area contributed by atoms with Gasteiger partial charge in [-0.3, -0.25) is 0 Å². The Morgan fingerprint density at radius 1 is 1.40 bits per heavy atom. The molecular formula is C5H7F3O6S. The zero-order valence-corrected chi connectivity index (χ0v) is 7.92. The molecule has 0 spiro atoms. The van der Waals surface area contributed by atoms with Crippen LogP contribution in [-0.4, -0.2) is 45.3 Å². The maximum Gasteiger partial charge on any atom is 0.413 e. The number of halogens is 3. The minimum atomic E-state index is -4.77. The average Bonchev–Trinajstić information content (AvgIpc) is 2.78. The van der Waals surface area contributed by atoms with Crippen LogP contribution < -0.4 is 0 Å². The van der Waals surface area contributed by atoms with E-state index in [9.17, 15) is 21.6 Å². The monoisotopic (exact) mass is 252 g/mol. The van der Waals surface area contributed by atoms with Crippen LogP contribution in [-0.2, 0) is 23.5 Å². The van der Waals surface area contributed by atoms with Gasteiger partial charge < -0.3 is 9.84 Å². The Kier molecular flexibility index (Phi) is 3.55. The standard InChI is InChI=1S/C5H7F3O6S/c6-5(7,8)2-12-15(10,11)14-4-3(1-9)13-4/h3-4,9H,1-2H2.